The molecule has 20 heavy (non-hydrogen) atoms. The molecule has 114 valence electrons. The molecule has 1 fully saturated rings. The first kappa shape index (κ1) is 15.5. The molecule has 1 aliphatic heterocycles. The van der Waals surface area contributed by atoms with Gasteiger partial charge in [0.2, 0.25) is 0 Å². The van der Waals surface area contributed by atoms with Gasteiger partial charge in [-0.25, -0.2) is 0 Å². The molecule has 0 bridgehead atoms. The van der Waals surface area contributed by atoms with Crippen molar-refractivity contribution in [3.05, 3.63) is 18.0 Å². The summed E-state index contributed by atoms with van der Waals surface area (Å²) in [6.45, 7) is 10.5. The zero-order valence-corrected chi connectivity index (χ0v) is 13.2. The lowest BCUT2D eigenvalue weighted by Gasteiger charge is -2.37. The first-order chi connectivity index (χ1) is 9.69. The van der Waals surface area contributed by atoms with Crippen LogP contribution in [0.1, 0.15) is 51.8 Å². The second-order valence-electron chi connectivity index (χ2n) is 6.11. The van der Waals surface area contributed by atoms with Gasteiger partial charge in [-0.3, -0.25) is 4.68 Å². The SMILES string of the molecule is CCNCC1(Cc2ccn(C(C)CC)n2)CCOCC1. The maximum Gasteiger partial charge on any atom is 0.0630 e. The van der Waals surface area contributed by atoms with Gasteiger partial charge in [-0.2, -0.15) is 5.10 Å². The zero-order valence-electron chi connectivity index (χ0n) is 13.2. The van der Waals surface area contributed by atoms with E-state index in [1.807, 2.05) is 0 Å². The van der Waals surface area contributed by atoms with Crippen molar-refractivity contribution in [2.75, 3.05) is 26.3 Å². The molecule has 1 aromatic heterocycles. The van der Waals surface area contributed by atoms with Gasteiger partial charge in [-0.1, -0.05) is 13.8 Å². The molecule has 1 atom stereocenters. The normalized spacial score (nSPS) is 19.9. The van der Waals surface area contributed by atoms with E-state index in [4.69, 9.17) is 9.84 Å². The third-order valence-electron chi connectivity index (χ3n) is 4.57. The first-order valence-electron chi connectivity index (χ1n) is 8.01. The molecule has 0 radical (unpaired) electrons. The van der Waals surface area contributed by atoms with Gasteiger partial charge >= 0.3 is 0 Å². The highest BCUT2D eigenvalue weighted by molar-refractivity contribution is 5.05. The summed E-state index contributed by atoms with van der Waals surface area (Å²) in [6.07, 6.45) is 6.58. The highest BCUT2D eigenvalue weighted by Crippen LogP contribution is 2.33. The smallest absolute Gasteiger partial charge is 0.0630 e. The number of nitrogens with one attached hydrogen (secondary N) is 1. The van der Waals surface area contributed by atoms with Gasteiger partial charge in [-0.15, -0.1) is 0 Å². The highest BCUT2D eigenvalue weighted by atomic mass is 16.5. The van der Waals surface area contributed by atoms with Crippen LogP contribution in [0.4, 0.5) is 0 Å². The van der Waals surface area contributed by atoms with Gasteiger partial charge in [0, 0.05) is 32.0 Å². The van der Waals surface area contributed by atoms with Crippen molar-refractivity contribution in [3.8, 4) is 0 Å². The Morgan fingerprint density at radius 3 is 2.80 bits per heavy atom. The molecule has 1 saturated heterocycles. The molecule has 0 amide bonds. The van der Waals surface area contributed by atoms with Crippen molar-refractivity contribution in [2.45, 2.75) is 52.5 Å². The molecule has 0 aromatic carbocycles. The zero-order chi connectivity index (χ0) is 14.4. The molecule has 4 nitrogen and oxygen atoms in total. The number of hydrogen-bond donors (Lipinski definition) is 1. The maximum atomic E-state index is 5.55. The number of ether oxygens (including phenoxy) is 1. The second-order valence-corrected chi connectivity index (χ2v) is 6.11. The highest BCUT2D eigenvalue weighted by Gasteiger charge is 2.33. The van der Waals surface area contributed by atoms with Crippen LogP contribution in [-0.4, -0.2) is 36.1 Å². The maximum absolute atomic E-state index is 5.55. The van der Waals surface area contributed by atoms with Crippen LogP contribution in [0.3, 0.4) is 0 Å². The first-order valence-corrected chi connectivity index (χ1v) is 8.01. The minimum absolute atomic E-state index is 0.322. The number of nitrogens with zero attached hydrogens (tertiary/aromatic N) is 2. The summed E-state index contributed by atoms with van der Waals surface area (Å²) in [6, 6.07) is 2.68. The lowest BCUT2D eigenvalue weighted by Crippen LogP contribution is -2.41. The Kier molecular flexibility index (Phi) is 5.61. The monoisotopic (exact) mass is 279 g/mol. The largest absolute Gasteiger partial charge is 0.381 e. The number of hydrogen-bond acceptors (Lipinski definition) is 3. The fraction of sp³-hybridized carbons (Fsp3) is 0.812. The van der Waals surface area contributed by atoms with Crippen molar-refractivity contribution in [2.24, 2.45) is 5.41 Å². The summed E-state index contributed by atoms with van der Waals surface area (Å²) < 4.78 is 7.66. The van der Waals surface area contributed by atoms with Crippen LogP contribution in [0.2, 0.25) is 0 Å². The van der Waals surface area contributed by atoms with Crippen LogP contribution >= 0.6 is 0 Å². The van der Waals surface area contributed by atoms with Crippen LogP contribution in [0.15, 0.2) is 12.3 Å². The van der Waals surface area contributed by atoms with Gasteiger partial charge in [-0.05, 0) is 50.6 Å². The van der Waals surface area contributed by atoms with Gasteiger partial charge in [0.15, 0.2) is 0 Å². The average molecular weight is 279 g/mol. The standard InChI is InChI=1S/C16H29N3O/c1-4-14(3)19-9-6-15(18-19)12-16(13-17-5-2)7-10-20-11-8-16/h6,9,14,17H,4-5,7-8,10-13H2,1-3H3. The Bertz CT molecular complexity index is 396. The van der Waals surface area contributed by atoms with Crippen molar-refractivity contribution in [3.63, 3.8) is 0 Å². The number of aromatic nitrogens is 2. The minimum atomic E-state index is 0.322. The molecule has 4 heteroatoms. The van der Waals surface area contributed by atoms with Gasteiger partial charge in [0.05, 0.1) is 5.69 Å². The van der Waals surface area contributed by atoms with E-state index in [1.54, 1.807) is 0 Å². The van der Waals surface area contributed by atoms with Gasteiger partial charge in [0.25, 0.3) is 0 Å². The third kappa shape index (κ3) is 3.83. The molecule has 1 aliphatic rings. The van der Waals surface area contributed by atoms with E-state index in [-0.39, 0.29) is 0 Å². The van der Waals surface area contributed by atoms with Crippen LogP contribution < -0.4 is 5.32 Å². The minimum Gasteiger partial charge on any atom is -0.381 e. The van der Waals surface area contributed by atoms with E-state index in [0.717, 1.165) is 52.0 Å². The predicted octanol–water partition coefficient (Wildman–Crippen LogP) is 2.80. The van der Waals surface area contributed by atoms with E-state index in [9.17, 15) is 0 Å². The Balaban J connectivity index is 2.05. The van der Waals surface area contributed by atoms with E-state index in [1.165, 1.54) is 5.69 Å². The molecule has 0 saturated carbocycles. The van der Waals surface area contributed by atoms with E-state index in [2.05, 4.69) is 43.0 Å². The molecule has 1 unspecified atom stereocenters. The lowest BCUT2D eigenvalue weighted by molar-refractivity contribution is 0.0146. The van der Waals surface area contributed by atoms with Gasteiger partial charge in [0.1, 0.15) is 0 Å². The van der Waals surface area contributed by atoms with Gasteiger partial charge < -0.3 is 10.1 Å². The van der Waals surface area contributed by atoms with Crippen molar-refractivity contribution < 1.29 is 4.74 Å². The summed E-state index contributed by atoms with van der Waals surface area (Å²) in [5, 5.41) is 8.31. The van der Waals surface area contributed by atoms with Crippen LogP contribution in [-0.2, 0) is 11.2 Å². The molecule has 1 N–H and O–H groups in total. The van der Waals surface area contributed by atoms with Crippen molar-refractivity contribution in [1.29, 1.82) is 0 Å². The van der Waals surface area contributed by atoms with Crippen LogP contribution in [0.25, 0.3) is 0 Å². The molecule has 1 aromatic rings. The van der Waals surface area contributed by atoms with Crippen molar-refractivity contribution in [1.82, 2.24) is 15.1 Å². The Morgan fingerprint density at radius 1 is 1.40 bits per heavy atom. The summed E-state index contributed by atoms with van der Waals surface area (Å²) in [4.78, 5) is 0. The summed E-state index contributed by atoms with van der Waals surface area (Å²) in [5.74, 6) is 0. The Labute approximate surface area is 122 Å². The third-order valence-corrected chi connectivity index (χ3v) is 4.57. The summed E-state index contributed by atoms with van der Waals surface area (Å²) >= 11 is 0. The van der Waals surface area contributed by atoms with Crippen LogP contribution in [0, 0.1) is 5.41 Å². The molecule has 0 aliphatic carbocycles. The predicted molar refractivity (Wildman–Crippen MR) is 82.0 cm³/mol. The number of rotatable bonds is 7. The Morgan fingerprint density at radius 2 is 2.15 bits per heavy atom. The molecule has 2 heterocycles. The molecular formula is C16H29N3O. The lowest BCUT2D eigenvalue weighted by atomic mass is 9.76. The summed E-state index contributed by atoms with van der Waals surface area (Å²) in [5.41, 5.74) is 1.55. The summed E-state index contributed by atoms with van der Waals surface area (Å²) in [7, 11) is 0. The Hall–Kier alpha value is -0.870. The topological polar surface area (TPSA) is 39.1 Å². The van der Waals surface area contributed by atoms with Crippen LogP contribution in [0.5, 0.6) is 0 Å². The fourth-order valence-electron chi connectivity index (χ4n) is 2.90. The van der Waals surface area contributed by atoms with E-state index < -0.39 is 0 Å². The second kappa shape index (κ2) is 7.23. The average Bonchev–Trinajstić information content (AvgIpc) is 2.93. The van der Waals surface area contributed by atoms with Crippen molar-refractivity contribution >= 4 is 0 Å². The molecule has 0 spiro atoms. The molecular weight excluding hydrogens is 250 g/mol. The fourth-order valence-corrected chi connectivity index (χ4v) is 2.90. The van der Waals surface area contributed by atoms with E-state index >= 15 is 0 Å². The van der Waals surface area contributed by atoms with E-state index in [0.29, 0.717) is 11.5 Å². The molecule has 2 rings (SSSR count). The quantitative estimate of drug-likeness (QED) is 0.834.